The van der Waals surface area contributed by atoms with E-state index in [1.54, 1.807) is 0 Å². The minimum Gasteiger partial charge on any atom is -0.487 e. The molecule has 0 aliphatic carbocycles. The molecule has 0 saturated carbocycles. The lowest BCUT2D eigenvalue weighted by Crippen LogP contribution is -2.36. The van der Waals surface area contributed by atoms with Gasteiger partial charge >= 0.3 is 6.09 Å². The van der Waals surface area contributed by atoms with Gasteiger partial charge in [-0.1, -0.05) is 72.6 Å². The number of aryl methyl sites for hydroxylation is 1. The maximum atomic E-state index is 11.9. The second kappa shape index (κ2) is 16.4. The Morgan fingerprint density at radius 1 is 0.907 bits per heavy atom. The summed E-state index contributed by atoms with van der Waals surface area (Å²) in [7, 11) is 0. The van der Waals surface area contributed by atoms with Crippen molar-refractivity contribution >= 4 is 11.8 Å². The molecule has 1 aliphatic heterocycles. The average molecular weight is 594 g/mol. The quantitative estimate of drug-likeness (QED) is 0.210. The molecule has 3 unspecified atom stereocenters. The van der Waals surface area contributed by atoms with Crippen molar-refractivity contribution in [2.45, 2.75) is 145 Å². The molecule has 3 rings (SSSR count). The lowest BCUT2D eigenvalue weighted by molar-refractivity contribution is 0.0520. The van der Waals surface area contributed by atoms with Crippen LogP contribution in [-0.4, -0.2) is 17.8 Å². The Labute approximate surface area is 262 Å². The number of carbonyl (C=O) groups is 1. The zero-order valence-electron chi connectivity index (χ0n) is 28.6. The van der Waals surface area contributed by atoms with Crippen molar-refractivity contribution in [2.75, 3.05) is 5.32 Å². The maximum Gasteiger partial charge on any atom is 0.411 e. The summed E-state index contributed by atoms with van der Waals surface area (Å²) in [4.78, 5) is 11.9. The van der Waals surface area contributed by atoms with E-state index in [0.29, 0.717) is 5.69 Å². The van der Waals surface area contributed by atoms with Gasteiger partial charge < -0.3 is 14.2 Å². The molecule has 1 heterocycles. The Morgan fingerprint density at radius 3 is 2.12 bits per heavy atom. The molecule has 3 atom stereocenters. The molecular formula is C38H59NO4. The number of carbonyl (C=O) groups excluding carboxylic acids is 1. The summed E-state index contributed by atoms with van der Waals surface area (Å²) in [6, 6.07) is 9.53. The number of amides is 1. The molecule has 1 aliphatic rings. The minimum absolute atomic E-state index is 0.113. The molecule has 1 amide bonds. The summed E-state index contributed by atoms with van der Waals surface area (Å²) in [6.07, 6.45) is 13.2. The molecule has 240 valence electrons. The number of rotatable bonds is 16. The summed E-state index contributed by atoms with van der Waals surface area (Å²) in [5.41, 5.74) is 4.02. The molecule has 0 aromatic heterocycles. The Balaban J connectivity index is 1.48. The highest BCUT2D eigenvalue weighted by Crippen LogP contribution is 2.43. The number of benzene rings is 2. The van der Waals surface area contributed by atoms with Crippen LogP contribution in [0.2, 0.25) is 0 Å². The number of nitrogens with one attached hydrogen (secondary N) is 1. The third kappa shape index (κ3) is 11.4. The van der Waals surface area contributed by atoms with E-state index in [4.69, 9.17) is 14.2 Å². The SMILES string of the molecule is Cc1cc2c(c(C)c1Oc1ccc(NC(=O)OC(C)C)cc1)CCC(C)(CCCC(C)CCCC(C)CCCC(C)C)O2. The molecule has 2 aromatic rings. The van der Waals surface area contributed by atoms with Crippen LogP contribution < -0.4 is 14.8 Å². The van der Waals surface area contributed by atoms with E-state index in [0.717, 1.165) is 65.4 Å². The maximum absolute atomic E-state index is 11.9. The van der Waals surface area contributed by atoms with Crippen LogP contribution in [0.15, 0.2) is 30.3 Å². The van der Waals surface area contributed by atoms with Crippen molar-refractivity contribution < 1.29 is 19.0 Å². The Kier molecular flexibility index (Phi) is 13.3. The van der Waals surface area contributed by atoms with Gasteiger partial charge in [-0.3, -0.25) is 5.32 Å². The van der Waals surface area contributed by atoms with Gasteiger partial charge in [0.25, 0.3) is 0 Å². The van der Waals surface area contributed by atoms with Crippen molar-refractivity contribution in [3.63, 3.8) is 0 Å². The fourth-order valence-corrected chi connectivity index (χ4v) is 6.30. The first-order valence-corrected chi connectivity index (χ1v) is 16.9. The summed E-state index contributed by atoms with van der Waals surface area (Å²) >= 11 is 0. The Hall–Kier alpha value is -2.69. The number of anilines is 1. The van der Waals surface area contributed by atoms with Gasteiger partial charge in [0, 0.05) is 11.3 Å². The van der Waals surface area contributed by atoms with Gasteiger partial charge in [-0.2, -0.15) is 0 Å². The second-order valence-electron chi connectivity index (χ2n) is 14.2. The highest BCUT2D eigenvalue weighted by molar-refractivity contribution is 5.84. The van der Waals surface area contributed by atoms with Gasteiger partial charge in [-0.05, 0) is 120 Å². The van der Waals surface area contributed by atoms with Gasteiger partial charge in [0.1, 0.15) is 22.8 Å². The van der Waals surface area contributed by atoms with Crippen LogP contribution in [0, 0.1) is 31.6 Å². The fraction of sp³-hybridized carbons (Fsp3) is 0.658. The van der Waals surface area contributed by atoms with E-state index < -0.39 is 6.09 Å². The zero-order valence-corrected chi connectivity index (χ0v) is 28.6. The van der Waals surface area contributed by atoms with Crippen molar-refractivity contribution in [2.24, 2.45) is 17.8 Å². The van der Waals surface area contributed by atoms with Crippen LogP contribution in [0.4, 0.5) is 10.5 Å². The van der Waals surface area contributed by atoms with E-state index in [9.17, 15) is 4.79 Å². The molecule has 5 heteroatoms. The summed E-state index contributed by atoms with van der Waals surface area (Å²) in [5.74, 6) is 5.10. The first-order valence-electron chi connectivity index (χ1n) is 16.9. The topological polar surface area (TPSA) is 56.8 Å². The molecule has 43 heavy (non-hydrogen) atoms. The van der Waals surface area contributed by atoms with Gasteiger partial charge in [0.15, 0.2) is 0 Å². The number of fused-ring (bicyclic) bond motifs is 1. The monoisotopic (exact) mass is 593 g/mol. The van der Waals surface area contributed by atoms with Crippen LogP contribution in [-0.2, 0) is 11.2 Å². The third-order valence-corrected chi connectivity index (χ3v) is 8.99. The molecule has 0 bridgehead atoms. The van der Waals surface area contributed by atoms with Crippen LogP contribution in [0.5, 0.6) is 17.2 Å². The average Bonchev–Trinajstić information content (AvgIpc) is 2.91. The van der Waals surface area contributed by atoms with Crippen molar-refractivity contribution in [1.29, 1.82) is 0 Å². The number of ether oxygens (including phenoxy) is 3. The van der Waals surface area contributed by atoms with Crippen LogP contribution >= 0.6 is 0 Å². The fourth-order valence-electron chi connectivity index (χ4n) is 6.30. The summed E-state index contributed by atoms with van der Waals surface area (Å²) in [5, 5.41) is 2.74. The Bertz CT molecular complexity index is 1160. The van der Waals surface area contributed by atoms with Crippen LogP contribution in [0.1, 0.15) is 129 Å². The van der Waals surface area contributed by atoms with Crippen molar-refractivity contribution in [1.82, 2.24) is 0 Å². The van der Waals surface area contributed by atoms with E-state index in [1.165, 1.54) is 56.9 Å². The normalized spacial score (nSPS) is 17.7. The van der Waals surface area contributed by atoms with Crippen molar-refractivity contribution in [3.8, 4) is 17.2 Å². The highest BCUT2D eigenvalue weighted by atomic mass is 16.6. The second-order valence-corrected chi connectivity index (χ2v) is 14.2. The molecule has 0 fully saturated rings. The van der Waals surface area contributed by atoms with E-state index >= 15 is 0 Å². The standard InChI is InChI=1S/C38H59NO4/c1-26(2)13-10-14-28(5)15-11-16-29(6)17-12-23-38(9)24-22-34-31(8)36(30(7)25-35(34)43-38)42-33-20-18-32(19-21-33)39-37(40)41-27(3)4/h18-21,25-29H,10-17,22-24H2,1-9H3,(H,39,40). The Morgan fingerprint density at radius 2 is 1.51 bits per heavy atom. The molecular weight excluding hydrogens is 534 g/mol. The number of hydrogen-bond donors (Lipinski definition) is 1. The molecule has 0 spiro atoms. The molecule has 1 N–H and O–H groups in total. The predicted octanol–water partition coefficient (Wildman–Crippen LogP) is 11.6. The van der Waals surface area contributed by atoms with Gasteiger partial charge in [0.2, 0.25) is 0 Å². The smallest absolute Gasteiger partial charge is 0.411 e. The minimum atomic E-state index is -0.459. The summed E-state index contributed by atoms with van der Waals surface area (Å²) in [6.45, 7) is 19.7. The van der Waals surface area contributed by atoms with Gasteiger partial charge in [0.05, 0.1) is 6.10 Å². The van der Waals surface area contributed by atoms with Gasteiger partial charge in [-0.25, -0.2) is 4.79 Å². The molecule has 5 nitrogen and oxygen atoms in total. The first kappa shape index (κ1) is 34.8. The highest BCUT2D eigenvalue weighted by Gasteiger charge is 2.33. The zero-order chi connectivity index (χ0) is 31.6. The van der Waals surface area contributed by atoms with E-state index in [-0.39, 0.29) is 11.7 Å². The predicted molar refractivity (Wildman–Crippen MR) is 180 cm³/mol. The lowest BCUT2D eigenvalue weighted by Gasteiger charge is -2.37. The van der Waals surface area contributed by atoms with Gasteiger partial charge in [-0.15, -0.1) is 0 Å². The van der Waals surface area contributed by atoms with Crippen LogP contribution in [0.3, 0.4) is 0 Å². The molecule has 0 saturated heterocycles. The largest absolute Gasteiger partial charge is 0.487 e. The van der Waals surface area contributed by atoms with Crippen molar-refractivity contribution in [3.05, 3.63) is 47.0 Å². The van der Waals surface area contributed by atoms with E-state index in [1.807, 2.05) is 38.1 Å². The van der Waals surface area contributed by atoms with Crippen LogP contribution in [0.25, 0.3) is 0 Å². The lowest BCUT2D eigenvalue weighted by atomic mass is 9.85. The summed E-state index contributed by atoms with van der Waals surface area (Å²) < 4.78 is 18.2. The molecule has 2 aromatic carbocycles. The number of hydrogen-bond acceptors (Lipinski definition) is 4. The third-order valence-electron chi connectivity index (χ3n) is 8.99. The first-order chi connectivity index (χ1) is 20.3. The molecule has 0 radical (unpaired) electrons. The van der Waals surface area contributed by atoms with E-state index in [2.05, 4.69) is 59.8 Å².